The van der Waals surface area contributed by atoms with Crippen LogP contribution in [0.2, 0.25) is 0 Å². The van der Waals surface area contributed by atoms with E-state index in [1.165, 1.54) is 0 Å². The lowest BCUT2D eigenvalue weighted by Crippen LogP contribution is -1.95. The molecule has 0 atom stereocenters. The molecule has 0 aliphatic heterocycles. The minimum Gasteiger partial charge on any atom is -0.477 e. The van der Waals surface area contributed by atoms with Gasteiger partial charge in [-0.3, -0.25) is 0 Å². The number of rotatable bonds is 3. The minimum absolute atomic E-state index is 0.197. The zero-order chi connectivity index (χ0) is 13.7. The van der Waals surface area contributed by atoms with Crippen molar-refractivity contribution in [3.8, 4) is 0 Å². The van der Waals surface area contributed by atoms with Gasteiger partial charge in [-0.15, -0.1) is 5.73 Å². The van der Waals surface area contributed by atoms with Crippen molar-refractivity contribution < 1.29 is 9.90 Å². The molecule has 2 nitrogen and oxygen atoms in total. The van der Waals surface area contributed by atoms with Gasteiger partial charge in [0, 0.05) is 5.57 Å². The summed E-state index contributed by atoms with van der Waals surface area (Å²) in [4.78, 5) is 11.0. The molecule has 1 N–H and O–H groups in total. The minimum atomic E-state index is -0.954. The van der Waals surface area contributed by atoms with Crippen LogP contribution in [0.25, 0.3) is 5.57 Å². The molecule has 0 saturated heterocycles. The lowest BCUT2D eigenvalue weighted by atomic mass is 9.98. The van der Waals surface area contributed by atoms with E-state index in [0.717, 1.165) is 16.7 Å². The van der Waals surface area contributed by atoms with Crippen LogP contribution in [0, 0.1) is 0 Å². The first-order valence-corrected chi connectivity index (χ1v) is 6.00. The van der Waals surface area contributed by atoms with Crippen molar-refractivity contribution in [2.75, 3.05) is 0 Å². The van der Waals surface area contributed by atoms with Crippen molar-refractivity contribution in [1.29, 1.82) is 0 Å². The number of carboxylic acid groups (broad SMARTS) is 1. The molecule has 2 aromatic rings. The summed E-state index contributed by atoms with van der Waals surface area (Å²) in [6.45, 7) is 1.55. The molecule has 0 fully saturated rings. The van der Waals surface area contributed by atoms with Crippen LogP contribution in [-0.4, -0.2) is 11.1 Å². The summed E-state index contributed by atoms with van der Waals surface area (Å²) in [6, 6.07) is 19.4. The molecular weight excluding hydrogens is 236 g/mol. The second kappa shape index (κ2) is 5.85. The van der Waals surface area contributed by atoms with Gasteiger partial charge in [-0.2, -0.15) is 0 Å². The number of hydrogen-bond acceptors (Lipinski definition) is 1. The van der Waals surface area contributed by atoms with Crippen molar-refractivity contribution in [2.45, 2.75) is 6.92 Å². The fourth-order valence-corrected chi connectivity index (χ4v) is 1.76. The molecule has 2 aromatic carbocycles. The van der Waals surface area contributed by atoms with Gasteiger partial charge >= 0.3 is 5.97 Å². The molecule has 0 aliphatic rings. The molecule has 19 heavy (non-hydrogen) atoms. The largest absolute Gasteiger partial charge is 0.477 e. The number of benzene rings is 2. The Morgan fingerprint density at radius 2 is 1.32 bits per heavy atom. The van der Waals surface area contributed by atoms with E-state index >= 15 is 0 Å². The van der Waals surface area contributed by atoms with Crippen LogP contribution in [0.4, 0.5) is 0 Å². The second-order valence-corrected chi connectivity index (χ2v) is 4.16. The lowest BCUT2D eigenvalue weighted by Gasteiger charge is -2.05. The Morgan fingerprint density at radius 3 is 1.68 bits per heavy atom. The summed E-state index contributed by atoms with van der Waals surface area (Å²) in [5.74, 6) is -0.954. The predicted octanol–water partition coefficient (Wildman–Crippen LogP) is 3.75. The van der Waals surface area contributed by atoms with Crippen molar-refractivity contribution in [3.63, 3.8) is 0 Å². The first-order valence-electron chi connectivity index (χ1n) is 6.00. The van der Waals surface area contributed by atoms with Crippen LogP contribution in [0.1, 0.15) is 18.1 Å². The summed E-state index contributed by atoms with van der Waals surface area (Å²) < 4.78 is 0. The van der Waals surface area contributed by atoms with Gasteiger partial charge in [0.1, 0.15) is 0 Å². The summed E-state index contributed by atoms with van der Waals surface area (Å²) in [5, 5.41) is 9.01. The third-order valence-electron chi connectivity index (χ3n) is 2.76. The first kappa shape index (κ1) is 12.9. The molecular formula is C17H14O2. The van der Waals surface area contributed by atoms with Crippen LogP contribution in [-0.2, 0) is 4.79 Å². The quantitative estimate of drug-likeness (QED) is 0.665. The van der Waals surface area contributed by atoms with E-state index < -0.39 is 5.97 Å². The molecule has 0 radical (unpaired) electrons. The highest BCUT2D eigenvalue weighted by atomic mass is 16.4. The first-order chi connectivity index (χ1) is 9.18. The van der Waals surface area contributed by atoms with E-state index in [1.807, 2.05) is 60.7 Å². The Kier molecular flexibility index (Phi) is 3.97. The van der Waals surface area contributed by atoms with E-state index in [2.05, 4.69) is 5.73 Å². The van der Waals surface area contributed by atoms with Crippen LogP contribution >= 0.6 is 0 Å². The molecule has 0 unspecified atom stereocenters. The standard InChI is InChI=1S/C17H14O2/c1-13(17(18)19)12-16(14-8-4-2-5-9-14)15-10-6-3-7-11-15/h2-11H,1H3,(H,18,19). The van der Waals surface area contributed by atoms with Crippen LogP contribution in [0.15, 0.2) is 72.0 Å². The lowest BCUT2D eigenvalue weighted by molar-refractivity contribution is -0.132. The highest BCUT2D eigenvalue weighted by Gasteiger charge is 2.05. The highest BCUT2D eigenvalue weighted by Crippen LogP contribution is 2.22. The molecule has 0 aliphatic carbocycles. The number of aliphatic carboxylic acids is 1. The summed E-state index contributed by atoms with van der Waals surface area (Å²) in [7, 11) is 0. The number of carbonyl (C=O) groups is 1. The van der Waals surface area contributed by atoms with Gasteiger partial charge < -0.3 is 5.11 Å². The number of carboxylic acids is 1. The van der Waals surface area contributed by atoms with Gasteiger partial charge in [0.15, 0.2) is 0 Å². The van der Waals surface area contributed by atoms with Crippen molar-refractivity contribution >= 4 is 11.5 Å². The SMILES string of the molecule is CC(=C=C(c1ccccc1)c1ccccc1)C(=O)O. The van der Waals surface area contributed by atoms with E-state index in [9.17, 15) is 4.79 Å². The highest BCUT2D eigenvalue weighted by molar-refractivity contribution is 5.89. The Hall–Kier alpha value is -2.57. The maximum absolute atomic E-state index is 11.0. The van der Waals surface area contributed by atoms with Crippen molar-refractivity contribution in [3.05, 3.63) is 83.1 Å². The topological polar surface area (TPSA) is 37.3 Å². The normalized spacial score (nSPS) is 9.53. The molecule has 0 aromatic heterocycles. The number of hydrogen-bond donors (Lipinski definition) is 1. The average molecular weight is 250 g/mol. The zero-order valence-corrected chi connectivity index (χ0v) is 10.6. The van der Waals surface area contributed by atoms with Gasteiger partial charge in [0.2, 0.25) is 0 Å². The van der Waals surface area contributed by atoms with Crippen LogP contribution < -0.4 is 0 Å². The zero-order valence-electron chi connectivity index (χ0n) is 10.6. The Morgan fingerprint density at radius 1 is 0.895 bits per heavy atom. The monoisotopic (exact) mass is 250 g/mol. The van der Waals surface area contributed by atoms with Crippen LogP contribution in [0.3, 0.4) is 0 Å². The van der Waals surface area contributed by atoms with E-state index in [1.54, 1.807) is 6.92 Å². The smallest absolute Gasteiger partial charge is 0.339 e. The van der Waals surface area contributed by atoms with Gasteiger partial charge in [-0.1, -0.05) is 60.7 Å². The van der Waals surface area contributed by atoms with Crippen molar-refractivity contribution in [1.82, 2.24) is 0 Å². The third-order valence-corrected chi connectivity index (χ3v) is 2.76. The molecule has 2 rings (SSSR count). The molecule has 0 saturated carbocycles. The van der Waals surface area contributed by atoms with E-state index in [4.69, 9.17) is 5.11 Å². The predicted molar refractivity (Wildman–Crippen MR) is 75.7 cm³/mol. The van der Waals surface area contributed by atoms with E-state index in [-0.39, 0.29) is 5.57 Å². The second-order valence-electron chi connectivity index (χ2n) is 4.16. The van der Waals surface area contributed by atoms with Crippen LogP contribution in [0.5, 0.6) is 0 Å². The Bertz CT molecular complexity index is 592. The van der Waals surface area contributed by atoms with E-state index in [0.29, 0.717) is 0 Å². The molecule has 0 spiro atoms. The molecule has 2 heteroatoms. The molecule has 94 valence electrons. The molecule has 0 amide bonds. The third kappa shape index (κ3) is 3.21. The van der Waals surface area contributed by atoms with Gasteiger partial charge in [0.25, 0.3) is 0 Å². The average Bonchev–Trinajstić information content (AvgIpc) is 2.46. The van der Waals surface area contributed by atoms with Gasteiger partial charge in [-0.25, -0.2) is 4.79 Å². The van der Waals surface area contributed by atoms with Gasteiger partial charge in [0.05, 0.1) is 5.57 Å². The Labute approximate surface area is 112 Å². The fraction of sp³-hybridized carbons (Fsp3) is 0.0588. The fourth-order valence-electron chi connectivity index (χ4n) is 1.76. The molecule has 0 bridgehead atoms. The van der Waals surface area contributed by atoms with Crippen molar-refractivity contribution in [2.24, 2.45) is 0 Å². The maximum atomic E-state index is 11.0. The van der Waals surface area contributed by atoms with Gasteiger partial charge in [-0.05, 0) is 18.1 Å². The summed E-state index contributed by atoms with van der Waals surface area (Å²) in [5.41, 5.74) is 5.88. The Balaban J connectivity index is 2.66. The molecule has 0 heterocycles. The summed E-state index contributed by atoms with van der Waals surface area (Å²) in [6.07, 6.45) is 0. The summed E-state index contributed by atoms with van der Waals surface area (Å²) >= 11 is 0. The maximum Gasteiger partial charge on any atom is 0.339 e.